The molecule has 0 radical (unpaired) electrons. The summed E-state index contributed by atoms with van der Waals surface area (Å²) < 4.78 is 32.2. The summed E-state index contributed by atoms with van der Waals surface area (Å²) in [4.78, 5) is 0.336. The van der Waals surface area contributed by atoms with Gasteiger partial charge >= 0.3 is 0 Å². The van der Waals surface area contributed by atoms with Crippen LogP contribution in [0.5, 0.6) is 0 Å². The largest absolute Gasteiger partial charge is 0.381 e. The third kappa shape index (κ3) is 4.19. The summed E-state index contributed by atoms with van der Waals surface area (Å²) in [5.74, 6) is 0.0587. The molecular formula is C18H23NO3S. The Bertz CT molecular complexity index is 702. The van der Waals surface area contributed by atoms with E-state index in [9.17, 15) is 8.42 Å². The fourth-order valence-electron chi connectivity index (χ4n) is 2.57. The maximum absolute atomic E-state index is 12.8. The van der Waals surface area contributed by atoms with Crippen molar-refractivity contribution in [2.75, 3.05) is 26.8 Å². The van der Waals surface area contributed by atoms with E-state index < -0.39 is 10.0 Å². The molecule has 0 aliphatic carbocycles. The highest BCUT2D eigenvalue weighted by molar-refractivity contribution is 7.89. The van der Waals surface area contributed by atoms with Crippen LogP contribution < -0.4 is 0 Å². The van der Waals surface area contributed by atoms with Gasteiger partial charge in [-0.15, -0.1) is 0 Å². The van der Waals surface area contributed by atoms with Crippen LogP contribution in [0.4, 0.5) is 0 Å². The normalized spacial score (nSPS) is 21.3. The average molecular weight is 333 g/mol. The number of benzene rings is 1. The van der Waals surface area contributed by atoms with Gasteiger partial charge in [-0.1, -0.05) is 48.6 Å². The fourth-order valence-corrected chi connectivity index (χ4v) is 4.02. The lowest BCUT2D eigenvalue weighted by atomic mass is 10.0. The predicted octanol–water partition coefficient (Wildman–Crippen LogP) is 2.93. The third-order valence-corrected chi connectivity index (χ3v) is 5.71. The third-order valence-electron chi connectivity index (χ3n) is 3.89. The van der Waals surface area contributed by atoms with Crippen LogP contribution in [-0.2, 0) is 14.8 Å². The summed E-state index contributed by atoms with van der Waals surface area (Å²) in [6, 6.07) is 6.96. The topological polar surface area (TPSA) is 46.6 Å². The zero-order chi connectivity index (χ0) is 16.9. The van der Waals surface area contributed by atoms with Crippen LogP contribution in [0.15, 0.2) is 65.6 Å². The lowest BCUT2D eigenvalue weighted by molar-refractivity contribution is 0.233. The highest BCUT2D eigenvalue weighted by atomic mass is 32.2. The molecule has 2 rings (SSSR count). The second-order valence-corrected chi connectivity index (χ2v) is 7.51. The maximum Gasteiger partial charge on any atom is 0.243 e. The zero-order valence-electron chi connectivity index (χ0n) is 13.6. The van der Waals surface area contributed by atoms with E-state index in [1.807, 2.05) is 37.3 Å². The molecule has 1 unspecified atom stereocenters. The van der Waals surface area contributed by atoms with Gasteiger partial charge in [0.05, 0.1) is 11.5 Å². The first-order valence-electron chi connectivity index (χ1n) is 7.53. The Hall–Kier alpha value is -1.69. The number of allylic oxidation sites excluding steroid dienone is 2. The summed E-state index contributed by atoms with van der Waals surface area (Å²) in [6.45, 7) is 6.92. The smallest absolute Gasteiger partial charge is 0.243 e. The molecule has 4 nitrogen and oxygen atoms in total. The molecule has 1 fully saturated rings. The number of aryl methyl sites for hydroxylation is 1. The molecule has 0 N–H and O–H groups in total. The number of sulfonamides is 1. The van der Waals surface area contributed by atoms with Crippen molar-refractivity contribution in [2.24, 2.45) is 5.92 Å². The summed E-state index contributed by atoms with van der Waals surface area (Å²) in [5.41, 5.74) is 2.10. The molecule has 1 aliphatic rings. The van der Waals surface area contributed by atoms with Crippen molar-refractivity contribution in [3.63, 3.8) is 0 Å². The van der Waals surface area contributed by atoms with Gasteiger partial charge < -0.3 is 4.74 Å². The van der Waals surface area contributed by atoms with Crippen LogP contribution in [0.25, 0.3) is 0 Å². The maximum atomic E-state index is 12.8. The number of methoxy groups -OCH3 is 1. The van der Waals surface area contributed by atoms with E-state index in [2.05, 4.69) is 6.58 Å². The number of ether oxygens (including phenoxy) is 1. The molecule has 124 valence electrons. The Morgan fingerprint density at radius 2 is 2.04 bits per heavy atom. The van der Waals surface area contributed by atoms with Crippen molar-refractivity contribution >= 4 is 10.0 Å². The minimum absolute atomic E-state index is 0.0587. The molecule has 5 heteroatoms. The lowest BCUT2D eigenvalue weighted by Gasteiger charge is -2.15. The molecule has 0 spiro atoms. The van der Waals surface area contributed by atoms with Crippen LogP contribution in [0, 0.1) is 12.8 Å². The molecule has 23 heavy (non-hydrogen) atoms. The summed E-state index contributed by atoms with van der Waals surface area (Å²) >= 11 is 0. The minimum Gasteiger partial charge on any atom is -0.381 e. The molecule has 0 amide bonds. The number of rotatable bonds is 6. The van der Waals surface area contributed by atoms with Crippen LogP contribution in [-0.4, -0.2) is 39.5 Å². The second-order valence-electron chi connectivity index (χ2n) is 5.57. The monoisotopic (exact) mass is 333 g/mol. The summed E-state index contributed by atoms with van der Waals surface area (Å²) in [5, 5.41) is 0. The van der Waals surface area contributed by atoms with Gasteiger partial charge in [0.2, 0.25) is 10.0 Å². The molecule has 1 heterocycles. The summed E-state index contributed by atoms with van der Waals surface area (Å²) in [6.07, 6.45) is 7.50. The van der Waals surface area contributed by atoms with Gasteiger partial charge in [-0.25, -0.2) is 8.42 Å². The Morgan fingerprint density at radius 3 is 2.65 bits per heavy atom. The first-order chi connectivity index (χ1) is 11.0. The van der Waals surface area contributed by atoms with E-state index in [1.54, 1.807) is 25.3 Å². The van der Waals surface area contributed by atoms with Crippen molar-refractivity contribution in [3.05, 3.63) is 66.3 Å². The van der Waals surface area contributed by atoms with Gasteiger partial charge in [0.1, 0.15) is 0 Å². The molecule has 0 bridgehead atoms. The molecule has 0 saturated carbocycles. The fraction of sp³-hybridized carbons (Fsp3) is 0.333. The van der Waals surface area contributed by atoms with Gasteiger partial charge in [0, 0.05) is 26.1 Å². The van der Waals surface area contributed by atoms with Gasteiger partial charge in [-0.05, 0) is 24.6 Å². The Kier molecular flexibility index (Phi) is 5.93. The first kappa shape index (κ1) is 17.7. The van der Waals surface area contributed by atoms with Crippen molar-refractivity contribution in [2.45, 2.75) is 11.8 Å². The highest BCUT2D eigenvalue weighted by Gasteiger charge is 2.34. The second kappa shape index (κ2) is 7.73. The van der Waals surface area contributed by atoms with E-state index in [1.165, 1.54) is 4.31 Å². The molecule has 0 aromatic heterocycles. The molecular weight excluding hydrogens is 310 g/mol. The van der Waals surface area contributed by atoms with E-state index in [0.717, 1.165) is 11.1 Å². The number of hydrogen-bond donors (Lipinski definition) is 0. The van der Waals surface area contributed by atoms with Crippen molar-refractivity contribution < 1.29 is 13.2 Å². The van der Waals surface area contributed by atoms with Crippen molar-refractivity contribution in [1.82, 2.24) is 4.31 Å². The Labute approximate surface area is 138 Å². The zero-order valence-corrected chi connectivity index (χ0v) is 14.4. The molecule has 1 atom stereocenters. The van der Waals surface area contributed by atoms with Crippen LogP contribution in [0.3, 0.4) is 0 Å². The van der Waals surface area contributed by atoms with Crippen molar-refractivity contribution in [3.8, 4) is 0 Å². The van der Waals surface area contributed by atoms with Crippen molar-refractivity contribution in [1.29, 1.82) is 0 Å². The van der Waals surface area contributed by atoms with E-state index in [4.69, 9.17) is 4.74 Å². The minimum atomic E-state index is -3.48. The molecule has 1 aromatic rings. The molecule has 1 aromatic carbocycles. The van der Waals surface area contributed by atoms with Crippen LogP contribution >= 0.6 is 0 Å². The summed E-state index contributed by atoms with van der Waals surface area (Å²) in [7, 11) is -1.85. The SMILES string of the molecule is C=C/C=C/C1CN(S(=O)(=O)c2ccc(C)cc2)C/C1=C/COC. The Balaban J connectivity index is 2.27. The average Bonchev–Trinajstić information content (AvgIpc) is 2.95. The van der Waals surface area contributed by atoms with Gasteiger partial charge in [0.25, 0.3) is 0 Å². The van der Waals surface area contributed by atoms with Gasteiger partial charge in [-0.2, -0.15) is 4.31 Å². The number of nitrogens with zero attached hydrogens (tertiary/aromatic N) is 1. The standard InChI is InChI=1S/C18H23NO3S/c1-4-5-6-16-13-19(14-17(16)11-12-22-3)23(20,21)18-9-7-15(2)8-10-18/h4-11,16H,1,12-14H2,2-3H3/b6-5+,17-11-. The number of hydrogen-bond acceptors (Lipinski definition) is 3. The predicted molar refractivity (Wildman–Crippen MR) is 92.7 cm³/mol. The van der Waals surface area contributed by atoms with Crippen LogP contribution in [0.2, 0.25) is 0 Å². The quantitative estimate of drug-likeness (QED) is 0.594. The van der Waals surface area contributed by atoms with E-state index >= 15 is 0 Å². The Morgan fingerprint density at radius 1 is 1.35 bits per heavy atom. The van der Waals surface area contributed by atoms with Gasteiger partial charge in [-0.3, -0.25) is 0 Å². The van der Waals surface area contributed by atoms with E-state index in [0.29, 0.717) is 24.6 Å². The molecule has 1 saturated heterocycles. The van der Waals surface area contributed by atoms with E-state index in [-0.39, 0.29) is 5.92 Å². The lowest BCUT2D eigenvalue weighted by Crippen LogP contribution is -2.28. The molecule has 1 aliphatic heterocycles. The van der Waals surface area contributed by atoms with Gasteiger partial charge in [0.15, 0.2) is 0 Å². The first-order valence-corrected chi connectivity index (χ1v) is 8.97. The van der Waals surface area contributed by atoms with Crippen LogP contribution in [0.1, 0.15) is 5.56 Å². The highest BCUT2D eigenvalue weighted by Crippen LogP contribution is 2.29.